The molecule has 0 aliphatic carbocycles. The number of nitrogens with one attached hydrogen (secondary N) is 1. The molecule has 0 bridgehead atoms. The van der Waals surface area contributed by atoms with Crippen molar-refractivity contribution >= 4 is 0 Å². The maximum Gasteiger partial charge on any atom is 0.274 e. The number of H-pyrrole nitrogens is 1. The van der Waals surface area contributed by atoms with Crippen LogP contribution in [-0.2, 0) is 6.42 Å². The van der Waals surface area contributed by atoms with E-state index in [0.29, 0.717) is 23.4 Å². The van der Waals surface area contributed by atoms with Crippen LogP contribution in [0.5, 0.6) is 5.75 Å². The Labute approximate surface area is 105 Å². The summed E-state index contributed by atoms with van der Waals surface area (Å²) in [5, 5.41) is 12.0. The lowest BCUT2D eigenvalue weighted by Gasteiger charge is -2.04. The molecule has 2 rings (SSSR count). The summed E-state index contributed by atoms with van der Waals surface area (Å²) in [5.74, 6) is 0.690. The summed E-state index contributed by atoms with van der Waals surface area (Å²) in [6, 6.07) is 7.24. The molecule has 0 saturated carbocycles. The maximum atomic E-state index is 12.2. The minimum atomic E-state index is -0.130. The van der Waals surface area contributed by atoms with Gasteiger partial charge in [-0.25, -0.2) is 4.68 Å². The Hall–Kier alpha value is -2.01. The fourth-order valence-corrected chi connectivity index (χ4v) is 1.92. The fourth-order valence-electron chi connectivity index (χ4n) is 1.92. The Morgan fingerprint density at radius 2 is 2.22 bits per heavy atom. The molecule has 2 aromatic rings. The number of rotatable bonds is 4. The van der Waals surface area contributed by atoms with Gasteiger partial charge in [-0.2, -0.15) is 0 Å². The van der Waals surface area contributed by atoms with Gasteiger partial charge in [-0.3, -0.25) is 9.89 Å². The number of nitrogens with zero attached hydrogens (tertiary/aromatic N) is 1. The van der Waals surface area contributed by atoms with Gasteiger partial charge in [0.05, 0.1) is 12.8 Å². The Balaban J connectivity index is 2.51. The second-order valence-electron chi connectivity index (χ2n) is 4.03. The highest BCUT2D eigenvalue weighted by Gasteiger charge is 2.11. The number of aromatic amines is 1. The first-order valence-electron chi connectivity index (χ1n) is 5.73. The van der Waals surface area contributed by atoms with Crippen LogP contribution < -0.4 is 10.3 Å². The maximum absolute atomic E-state index is 12.2. The van der Waals surface area contributed by atoms with Crippen molar-refractivity contribution in [3.63, 3.8) is 0 Å². The zero-order valence-electron chi connectivity index (χ0n) is 10.4. The summed E-state index contributed by atoms with van der Waals surface area (Å²) in [6.45, 7) is 1.79. The van der Waals surface area contributed by atoms with Crippen LogP contribution >= 0.6 is 0 Å². The molecule has 96 valence electrons. The smallest absolute Gasteiger partial charge is 0.274 e. The molecule has 0 aliphatic rings. The van der Waals surface area contributed by atoms with Crippen molar-refractivity contribution < 1.29 is 9.84 Å². The van der Waals surface area contributed by atoms with Gasteiger partial charge >= 0.3 is 0 Å². The van der Waals surface area contributed by atoms with Crippen LogP contribution in [0.3, 0.4) is 0 Å². The highest BCUT2D eigenvalue weighted by molar-refractivity contribution is 5.39. The number of aliphatic hydroxyl groups is 1. The number of methoxy groups -OCH3 is 1. The monoisotopic (exact) mass is 248 g/mol. The first kappa shape index (κ1) is 12.4. The average molecular weight is 248 g/mol. The van der Waals surface area contributed by atoms with E-state index in [-0.39, 0.29) is 12.2 Å². The third kappa shape index (κ3) is 2.17. The van der Waals surface area contributed by atoms with Gasteiger partial charge in [0.1, 0.15) is 5.75 Å². The predicted molar refractivity (Wildman–Crippen MR) is 68.5 cm³/mol. The Kier molecular flexibility index (Phi) is 3.53. The van der Waals surface area contributed by atoms with Crippen molar-refractivity contribution in [1.29, 1.82) is 0 Å². The van der Waals surface area contributed by atoms with Gasteiger partial charge < -0.3 is 9.84 Å². The summed E-state index contributed by atoms with van der Waals surface area (Å²) in [6.07, 6.45) is 0.359. The van der Waals surface area contributed by atoms with Crippen molar-refractivity contribution in [2.24, 2.45) is 0 Å². The molecule has 5 heteroatoms. The molecule has 5 nitrogen and oxygen atoms in total. The van der Waals surface area contributed by atoms with E-state index in [2.05, 4.69) is 5.10 Å². The van der Waals surface area contributed by atoms with Crippen LogP contribution in [-0.4, -0.2) is 28.6 Å². The molecule has 1 heterocycles. The zero-order chi connectivity index (χ0) is 13.1. The number of aromatic nitrogens is 2. The summed E-state index contributed by atoms with van der Waals surface area (Å²) >= 11 is 0. The van der Waals surface area contributed by atoms with E-state index in [4.69, 9.17) is 9.84 Å². The van der Waals surface area contributed by atoms with Gasteiger partial charge in [0.2, 0.25) is 0 Å². The normalized spacial score (nSPS) is 10.6. The second kappa shape index (κ2) is 5.10. The average Bonchev–Trinajstić information content (AvgIpc) is 2.67. The van der Waals surface area contributed by atoms with E-state index in [1.165, 1.54) is 4.68 Å². The van der Waals surface area contributed by atoms with E-state index < -0.39 is 0 Å². The number of ether oxygens (including phenoxy) is 1. The van der Waals surface area contributed by atoms with E-state index in [0.717, 1.165) is 5.69 Å². The first-order valence-corrected chi connectivity index (χ1v) is 5.73. The second-order valence-corrected chi connectivity index (χ2v) is 4.03. The van der Waals surface area contributed by atoms with Gasteiger partial charge in [-0.05, 0) is 19.1 Å². The highest BCUT2D eigenvalue weighted by Crippen LogP contribution is 2.15. The highest BCUT2D eigenvalue weighted by atomic mass is 16.5. The molecule has 0 fully saturated rings. The molecule has 0 aliphatic heterocycles. The number of hydrogen-bond donors (Lipinski definition) is 2. The SMILES string of the molecule is COc1cccc(-n2[nH]c(C)c(CCO)c2=O)c1. The van der Waals surface area contributed by atoms with E-state index in [9.17, 15) is 4.79 Å². The van der Waals surface area contributed by atoms with E-state index >= 15 is 0 Å². The van der Waals surface area contributed by atoms with Crippen LogP contribution in [0.15, 0.2) is 29.1 Å². The number of aryl methyl sites for hydroxylation is 1. The lowest BCUT2D eigenvalue weighted by Crippen LogP contribution is -2.18. The molecular weight excluding hydrogens is 232 g/mol. The summed E-state index contributed by atoms with van der Waals surface area (Å²) in [7, 11) is 1.58. The van der Waals surface area contributed by atoms with Crippen LogP contribution in [0.25, 0.3) is 5.69 Å². The van der Waals surface area contributed by atoms with Crippen LogP contribution in [0.2, 0.25) is 0 Å². The number of hydrogen-bond acceptors (Lipinski definition) is 3. The van der Waals surface area contributed by atoms with Crippen molar-refractivity contribution in [3.8, 4) is 11.4 Å². The summed E-state index contributed by atoms with van der Waals surface area (Å²) in [4.78, 5) is 12.2. The standard InChI is InChI=1S/C13H16N2O3/c1-9-12(6-7-16)13(17)15(14-9)10-4-3-5-11(8-10)18-2/h3-5,8,14,16H,6-7H2,1-2H3. The molecule has 0 amide bonds. The van der Waals surface area contributed by atoms with Gasteiger partial charge in [0, 0.05) is 30.4 Å². The largest absolute Gasteiger partial charge is 0.497 e. The summed E-state index contributed by atoms with van der Waals surface area (Å²) < 4.78 is 6.59. The lowest BCUT2D eigenvalue weighted by molar-refractivity contribution is 0.299. The third-order valence-corrected chi connectivity index (χ3v) is 2.87. The van der Waals surface area contributed by atoms with Gasteiger partial charge in [0.25, 0.3) is 5.56 Å². The number of aliphatic hydroxyl groups excluding tert-OH is 1. The van der Waals surface area contributed by atoms with Crippen molar-refractivity contribution in [3.05, 3.63) is 45.9 Å². The zero-order valence-corrected chi connectivity index (χ0v) is 10.4. The van der Waals surface area contributed by atoms with E-state index in [1.807, 2.05) is 25.1 Å². The van der Waals surface area contributed by atoms with E-state index in [1.54, 1.807) is 13.2 Å². The number of benzene rings is 1. The van der Waals surface area contributed by atoms with Crippen LogP contribution in [0.4, 0.5) is 0 Å². The molecule has 0 spiro atoms. The molecule has 1 aromatic heterocycles. The topological polar surface area (TPSA) is 67.2 Å². The molecule has 0 radical (unpaired) electrons. The van der Waals surface area contributed by atoms with Gasteiger partial charge in [-0.1, -0.05) is 6.07 Å². The summed E-state index contributed by atoms with van der Waals surface area (Å²) in [5.41, 5.74) is 1.97. The third-order valence-electron chi connectivity index (χ3n) is 2.87. The Morgan fingerprint density at radius 3 is 2.89 bits per heavy atom. The Morgan fingerprint density at radius 1 is 1.44 bits per heavy atom. The van der Waals surface area contributed by atoms with Gasteiger partial charge in [0.15, 0.2) is 0 Å². The van der Waals surface area contributed by atoms with Crippen LogP contribution in [0, 0.1) is 6.92 Å². The molecule has 1 aromatic carbocycles. The molecule has 0 saturated heterocycles. The molecule has 0 atom stereocenters. The minimum absolute atomic E-state index is 0.0357. The Bertz CT molecular complexity index is 599. The quantitative estimate of drug-likeness (QED) is 0.848. The first-order chi connectivity index (χ1) is 8.67. The predicted octanol–water partition coefficient (Wildman–Crippen LogP) is 1.02. The van der Waals surface area contributed by atoms with Crippen molar-refractivity contribution in [2.45, 2.75) is 13.3 Å². The molecular formula is C13H16N2O3. The van der Waals surface area contributed by atoms with Crippen molar-refractivity contribution in [2.75, 3.05) is 13.7 Å². The lowest BCUT2D eigenvalue weighted by atomic mass is 10.2. The fraction of sp³-hybridized carbons (Fsp3) is 0.308. The molecule has 2 N–H and O–H groups in total. The molecule has 18 heavy (non-hydrogen) atoms. The van der Waals surface area contributed by atoms with Gasteiger partial charge in [-0.15, -0.1) is 0 Å². The van der Waals surface area contributed by atoms with Crippen LogP contribution in [0.1, 0.15) is 11.3 Å². The molecule has 0 unspecified atom stereocenters. The minimum Gasteiger partial charge on any atom is -0.497 e. The van der Waals surface area contributed by atoms with Crippen molar-refractivity contribution in [1.82, 2.24) is 9.78 Å².